The molecule has 0 saturated heterocycles. The number of ether oxygens (including phenoxy) is 1. The largest absolute Gasteiger partial charge is 0.480 e. The van der Waals surface area contributed by atoms with Crippen LogP contribution in [0, 0.1) is 0 Å². The molecule has 0 spiro atoms. The molecule has 0 unspecified atom stereocenters. The third-order valence-corrected chi connectivity index (χ3v) is 2.22. The molecule has 1 heterocycles. The van der Waals surface area contributed by atoms with Gasteiger partial charge in [-0.15, -0.1) is 11.6 Å². The number of anilines is 1. The monoisotopic (exact) mass is 229 g/mol. The van der Waals surface area contributed by atoms with Crippen molar-refractivity contribution >= 4 is 17.4 Å². The van der Waals surface area contributed by atoms with Gasteiger partial charge in [0.25, 0.3) is 0 Å². The minimum Gasteiger partial charge on any atom is -0.480 e. The summed E-state index contributed by atoms with van der Waals surface area (Å²) in [4.78, 5) is 10.5. The van der Waals surface area contributed by atoms with Crippen molar-refractivity contribution < 1.29 is 4.74 Å². The van der Waals surface area contributed by atoms with Crippen molar-refractivity contribution in [1.29, 1.82) is 0 Å². The van der Waals surface area contributed by atoms with Crippen LogP contribution in [0.2, 0.25) is 0 Å². The summed E-state index contributed by atoms with van der Waals surface area (Å²) in [6, 6.07) is 0.338. The minimum absolute atomic E-state index is 0.338. The van der Waals surface area contributed by atoms with Crippen LogP contribution in [0.3, 0.4) is 0 Å². The lowest BCUT2D eigenvalue weighted by atomic mass is 10.3. The van der Waals surface area contributed by atoms with Crippen molar-refractivity contribution in [2.24, 2.45) is 0 Å². The number of methoxy groups -OCH3 is 1. The summed E-state index contributed by atoms with van der Waals surface area (Å²) in [5.41, 5.74) is 0. The number of alkyl halides is 1. The van der Waals surface area contributed by atoms with Crippen molar-refractivity contribution in [3.05, 3.63) is 12.4 Å². The average Bonchev–Trinajstić information content (AvgIpc) is 2.25. The van der Waals surface area contributed by atoms with E-state index in [9.17, 15) is 0 Å². The molecule has 4 nitrogen and oxygen atoms in total. The number of halogens is 1. The van der Waals surface area contributed by atoms with Gasteiger partial charge in [-0.05, 0) is 13.8 Å². The van der Waals surface area contributed by atoms with E-state index in [1.54, 1.807) is 19.5 Å². The Morgan fingerprint density at radius 1 is 1.47 bits per heavy atom. The molecule has 1 rings (SSSR count). The van der Waals surface area contributed by atoms with Crippen LogP contribution in [-0.4, -0.2) is 35.5 Å². The van der Waals surface area contributed by atoms with Gasteiger partial charge in [-0.1, -0.05) is 0 Å². The normalized spacial score (nSPS) is 10.5. The molecule has 1 aromatic heterocycles. The van der Waals surface area contributed by atoms with Gasteiger partial charge in [0.15, 0.2) is 5.82 Å². The second-order valence-electron chi connectivity index (χ2n) is 3.40. The summed E-state index contributed by atoms with van der Waals surface area (Å²) < 4.78 is 5.03. The van der Waals surface area contributed by atoms with E-state index in [2.05, 4.69) is 28.7 Å². The van der Waals surface area contributed by atoms with E-state index in [-0.39, 0.29) is 0 Å². The molecule has 5 heteroatoms. The van der Waals surface area contributed by atoms with E-state index >= 15 is 0 Å². The third-order valence-electron chi connectivity index (χ3n) is 2.05. The maximum atomic E-state index is 5.74. The molecule has 0 aliphatic heterocycles. The third kappa shape index (κ3) is 3.23. The van der Waals surface area contributed by atoms with Crippen molar-refractivity contribution in [2.75, 3.05) is 24.4 Å². The summed E-state index contributed by atoms with van der Waals surface area (Å²) >= 11 is 5.74. The first-order valence-corrected chi connectivity index (χ1v) is 5.41. The molecule has 0 N–H and O–H groups in total. The quantitative estimate of drug-likeness (QED) is 0.724. The van der Waals surface area contributed by atoms with Gasteiger partial charge in [0.05, 0.1) is 19.5 Å². The predicted molar refractivity (Wildman–Crippen MR) is 61.8 cm³/mol. The summed E-state index contributed by atoms with van der Waals surface area (Å²) in [7, 11) is 1.58. The van der Waals surface area contributed by atoms with Crippen molar-refractivity contribution in [3.63, 3.8) is 0 Å². The fourth-order valence-corrected chi connectivity index (χ4v) is 1.49. The van der Waals surface area contributed by atoms with Crippen LogP contribution in [0.4, 0.5) is 5.82 Å². The standard InChI is InChI=1S/C10H16ClN3O/c1-8(2)14(5-4-11)9-6-12-7-10(13-9)15-3/h6-8H,4-5H2,1-3H3. The molecule has 84 valence electrons. The van der Waals surface area contributed by atoms with Crippen molar-refractivity contribution in [2.45, 2.75) is 19.9 Å². The molecule has 1 aromatic rings. The molecule has 0 aliphatic carbocycles. The van der Waals surface area contributed by atoms with Crippen LogP contribution in [0.1, 0.15) is 13.8 Å². The van der Waals surface area contributed by atoms with Gasteiger partial charge in [0.1, 0.15) is 0 Å². The highest BCUT2D eigenvalue weighted by Crippen LogP contribution is 2.16. The molecular formula is C10H16ClN3O. The second kappa shape index (κ2) is 5.75. The zero-order valence-corrected chi connectivity index (χ0v) is 10.0. The lowest BCUT2D eigenvalue weighted by Gasteiger charge is -2.26. The number of hydrogen-bond acceptors (Lipinski definition) is 4. The molecule has 0 aliphatic rings. The van der Waals surface area contributed by atoms with Gasteiger partial charge in [0.2, 0.25) is 5.88 Å². The predicted octanol–water partition coefficient (Wildman–Crippen LogP) is 1.94. The highest BCUT2D eigenvalue weighted by atomic mass is 35.5. The Hall–Kier alpha value is -1.03. The molecule has 0 fully saturated rings. The van der Waals surface area contributed by atoms with E-state index in [0.29, 0.717) is 17.8 Å². The Balaban J connectivity index is 2.89. The second-order valence-corrected chi connectivity index (χ2v) is 3.77. The summed E-state index contributed by atoms with van der Waals surface area (Å²) in [6.07, 6.45) is 3.30. The Labute approximate surface area is 95.2 Å². The van der Waals surface area contributed by atoms with Crippen LogP contribution in [0.15, 0.2) is 12.4 Å². The van der Waals surface area contributed by atoms with Gasteiger partial charge >= 0.3 is 0 Å². The average molecular weight is 230 g/mol. The number of nitrogens with zero attached hydrogens (tertiary/aromatic N) is 3. The van der Waals surface area contributed by atoms with E-state index in [4.69, 9.17) is 16.3 Å². The van der Waals surface area contributed by atoms with Crippen LogP contribution >= 0.6 is 11.6 Å². The van der Waals surface area contributed by atoms with Crippen LogP contribution in [-0.2, 0) is 0 Å². The lowest BCUT2D eigenvalue weighted by Crippen LogP contribution is -2.33. The first-order chi connectivity index (χ1) is 7.19. The Morgan fingerprint density at radius 2 is 2.20 bits per heavy atom. The summed E-state index contributed by atoms with van der Waals surface area (Å²) in [5.74, 6) is 1.88. The molecule has 0 radical (unpaired) electrons. The first-order valence-electron chi connectivity index (χ1n) is 4.87. The molecule has 0 atom stereocenters. The van der Waals surface area contributed by atoms with Gasteiger partial charge < -0.3 is 9.64 Å². The maximum absolute atomic E-state index is 5.74. The van der Waals surface area contributed by atoms with E-state index in [1.807, 2.05) is 0 Å². The van der Waals surface area contributed by atoms with Gasteiger partial charge in [-0.25, -0.2) is 0 Å². The van der Waals surface area contributed by atoms with E-state index in [0.717, 1.165) is 12.4 Å². The highest BCUT2D eigenvalue weighted by Gasteiger charge is 2.12. The summed E-state index contributed by atoms with van der Waals surface area (Å²) in [5, 5.41) is 0. The summed E-state index contributed by atoms with van der Waals surface area (Å²) in [6.45, 7) is 4.93. The van der Waals surface area contributed by atoms with Gasteiger partial charge in [0, 0.05) is 18.5 Å². The van der Waals surface area contributed by atoms with Crippen molar-refractivity contribution in [1.82, 2.24) is 9.97 Å². The zero-order chi connectivity index (χ0) is 11.3. The van der Waals surface area contributed by atoms with E-state index < -0.39 is 0 Å². The molecule has 0 saturated carbocycles. The van der Waals surface area contributed by atoms with Crippen LogP contribution in [0.5, 0.6) is 5.88 Å². The van der Waals surface area contributed by atoms with Gasteiger partial charge in [-0.3, -0.25) is 4.98 Å². The van der Waals surface area contributed by atoms with E-state index in [1.165, 1.54) is 0 Å². The Bertz CT molecular complexity index is 306. The molecule has 0 amide bonds. The first kappa shape index (κ1) is 12.0. The maximum Gasteiger partial charge on any atom is 0.233 e. The molecule has 0 bridgehead atoms. The zero-order valence-electron chi connectivity index (χ0n) is 9.27. The number of aromatic nitrogens is 2. The minimum atomic E-state index is 0.338. The smallest absolute Gasteiger partial charge is 0.233 e. The van der Waals surface area contributed by atoms with Crippen molar-refractivity contribution in [3.8, 4) is 5.88 Å². The molecule has 15 heavy (non-hydrogen) atoms. The lowest BCUT2D eigenvalue weighted by molar-refractivity contribution is 0.395. The Morgan fingerprint density at radius 3 is 2.73 bits per heavy atom. The Kier molecular flexibility index (Phi) is 4.62. The molecular weight excluding hydrogens is 214 g/mol. The molecule has 0 aromatic carbocycles. The topological polar surface area (TPSA) is 38.2 Å². The number of rotatable bonds is 5. The highest BCUT2D eigenvalue weighted by molar-refractivity contribution is 6.18. The number of hydrogen-bond donors (Lipinski definition) is 0. The van der Waals surface area contributed by atoms with Crippen LogP contribution in [0.25, 0.3) is 0 Å². The fraction of sp³-hybridized carbons (Fsp3) is 0.600. The van der Waals surface area contributed by atoms with Crippen LogP contribution < -0.4 is 9.64 Å². The van der Waals surface area contributed by atoms with Gasteiger partial charge in [-0.2, -0.15) is 4.98 Å². The SMILES string of the molecule is COc1cncc(N(CCCl)C(C)C)n1. The fourth-order valence-electron chi connectivity index (χ4n) is 1.30.